The van der Waals surface area contributed by atoms with Crippen LogP contribution in [-0.4, -0.2) is 70.9 Å². The van der Waals surface area contributed by atoms with E-state index in [2.05, 4.69) is 0 Å². The molecular formula is C27H38O9. The van der Waals surface area contributed by atoms with E-state index in [9.17, 15) is 4.79 Å². The van der Waals surface area contributed by atoms with E-state index in [1.807, 2.05) is 45.9 Å². The number of esters is 1. The minimum Gasteiger partial charge on any atom is -0.496 e. The Kier molecular flexibility index (Phi) is 9.78. The minimum absolute atomic E-state index is 0.128. The van der Waals surface area contributed by atoms with Gasteiger partial charge in [0.25, 0.3) is 0 Å². The number of cyclic esters (lactones) is 1. The maximum atomic E-state index is 13.3. The van der Waals surface area contributed by atoms with Crippen molar-refractivity contribution in [1.29, 1.82) is 0 Å². The van der Waals surface area contributed by atoms with Crippen LogP contribution in [0.4, 0.5) is 0 Å². The molecule has 2 heterocycles. The lowest BCUT2D eigenvalue weighted by Crippen LogP contribution is -2.36. The molecule has 9 heteroatoms. The molecule has 2 aliphatic rings. The van der Waals surface area contributed by atoms with Crippen molar-refractivity contribution in [2.75, 3.05) is 34.7 Å². The molecule has 1 fully saturated rings. The van der Waals surface area contributed by atoms with Gasteiger partial charge in [0.15, 0.2) is 17.3 Å². The van der Waals surface area contributed by atoms with Crippen LogP contribution >= 0.6 is 0 Å². The molecular weight excluding hydrogens is 468 g/mol. The summed E-state index contributed by atoms with van der Waals surface area (Å²) in [4.78, 5) is 13.3. The van der Waals surface area contributed by atoms with Crippen LogP contribution in [0.15, 0.2) is 24.3 Å². The maximum Gasteiger partial charge on any atom is 0.342 e. The molecule has 36 heavy (non-hydrogen) atoms. The second-order valence-corrected chi connectivity index (χ2v) is 9.00. The Morgan fingerprint density at radius 2 is 1.78 bits per heavy atom. The molecule has 0 amide bonds. The maximum absolute atomic E-state index is 13.3. The van der Waals surface area contributed by atoms with E-state index in [0.717, 1.165) is 0 Å². The summed E-state index contributed by atoms with van der Waals surface area (Å²) in [6.45, 7) is 8.16. The van der Waals surface area contributed by atoms with Crippen LogP contribution < -0.4 is 14.2 Å². The Hall–Kier alpha value is -2.59. The van der Waals surface area contributed by atoms with Crippen LogP contribution in [0, 0.1) is 0 Å². The standard InChI is InChI=1S/C27H38O9/c1-8-32-16-33-19-13-9-11-17(2)34-26(28)23-18(24(31-7)22(30-6)15-21(23)29-5)12-10-14-20-25(19)36-27(3,4)35-20/h9-10,12-13,15,17,19-20,25H,8,11,14,16H2,1-7H3/b12-10+,13-9-/t17-,19?,20-,25+/m0/s1. The van der Waals surface area contributed by atoms with Crippen LogP contribution in [0.5, 0.6) is 17.2 Å². The van der Waals surface area contributed by atoms with Gasteiger partial charge in [-0.25, -0.2) is 4.79 Å². The van der Waals surface area contributed by atoms with Gasteiger partial charge < -0.3 is 37.9 Å². The zero-order chi connectivity index (χ0) is 26.3. The molecule has 1 aromatic rings. The summed E-state index contributed by atoms with van der Waals surface area (Å²) in [5.41, 5.74) is 0.759. The Morgan fingerprint density at radius 3 is 2.44 bits per heavy atom. The van der Waals surface area contributed by atoms with Crippen LogP contribution in [0.1, 0.15) is 56.5 Å². The first kappa shape index (κ1) is 28.0. The van der Waals surface area contributed by atoms with Gasteiger partial charge in [-0.05, 0) is 34.1 Å². The van der Waals surface area contributed by atoms with Crippen molar-refractivity contribution in [2.45, 2.75) is 70.7 Å². The monoisotopic (exact) mass is 506 g/mol. The predicted octanol–water partition coefficient (Wildman–Crippen LogP) is 4.52. The Bertz CT molecular complexity index is 953. The number of hydrogen-bond acceptors (Lipinski definition) is 9. The molecule has 0 aliphatic carbocycles. The number of fused-ring (bicyclic) bond motifs is 2. The lowest BCUT2D eigenvalue weighted by Gasteiger charge is -2.25. The number of carbonyl (C=O) groups excluding carboxylic acids is 1. The van der Waals surface area contributed by atoms with Crippen LogP contribution in [-0.2, 0) is 23.7 Å². The molecule has 0 bridgehead atoms. The quantitative estimate of drug-likeness (QED) is 0.229. The van der Waals surface area contributed by atoms with Gasteiger partial charge in [0.2, 0.25) is 0 Å². The van der Waals surface area contributed by atoms with Gasteiger partial charge in [0.1, 0.15) is 36.4 Å². The molecule has 9 nitrogen and oxygen atoms in total. The first-order valence-electron chi connectivity index (χ1n) is 12.2. The first-order valence-corrected chi connectivity index (χ1v) is 12.2. The van der Waals surface area contributed by atoms with E-state index in [1.54, 1.807) is 12.1 Å². The SMILES string of the molecule is CCOCOC1/C=C\C[C@H](C)OC(=O)c2c(OC)cc(OC)c(OC)c2/C=C/C[C@@H]2OC(C)(C)O[C@H]12. The second kappa shape index (κ2) is 12.6. The van der Waals surface area contributed by atoms with E-state index < -0.39 is 24.0 Å². The first-order chi connectivity index (χ1) is 17.2. The Morgan fingerprint density at radius 1 is 1.03 bits per heavy atom. The highest BCUT2D eigenvalue weighted by Gasteiger charge is 2.44. The van der Waals surface area contributed by atoms with Gasteiger partial charge in [0.05, 0.1) is 27.4 Å². The summed E-state index contributed by atoms with van der Waals surface area (Å²) in [6.07, 6.45) is 7.02. The van der Waals surface area contributed by atoms with Crippen molar-refractivity contribution in [1.82, 2.24) is 0 Å². The molecule has 0 radical (unpaired) electrons. The highest BCUT2D eigenvalue weighted by Crippen LogP contribution is 2.41. The average Bonchev–Trinajstić information content (AvgIpc) is 3.15. The van der Waals surface area contributed by atoms with E-state index in [4.69, 9.17) is 37.9 Å². The normalized spacial score (nSPS) is 27.7. The van der Waals surface area contributed by atoms with Gasteiger partial charge in [0, 0.05) is 24.7 Å². The smallest absolute Gasteiger partial charge is 0.342 e. The van der Waals surface area contributed by atoms with E-state index in [0.29, 0.717) is 42.3 Å². The molecule has 0 aromatic heterocycles. The fourth-order valence-corrected chi connectivity index (χ4v) is 4.34. The lowest BCUT2D eigenvalue weighted by atomic mass is 10.00. The largest absolute Gasteiger partial charge is 0.496 e. The summed E-state index contributed by atoms with van der Waals surface area (Å²) >= 11 is 0. The number of rotatable bonds is 7. The van der Waals surface area contributed by atoms with Crippen LogP contribution in [0.3, 0.4) is 0 Å². The predicted molar refractivity (Wildman–Crippen MR) is 134 cm³/mol. The van der Waals surface area contributed by atoms with E-state index >= 15 is 0 Å². The van der Waals surface area contributed by atoms with Crippen molar-refractivity contribution >= 4 is 12.0 Å². The molecule has 0 N–H and O–H groups in total. The average molecular weight is 507 g/mol. The van der Waals surface area contributed by atoms with Gasteiger partial charge in [-0.3, -0.25) is 0 Å². The minimum atomic E-state index is -0.785. The van der Waals surface area contributed by atoms with Gasteiger partial charge in [-0.15, -0.1) is 0 Å². The third kappa shape index (κ3) is 6.59. The highest BCUT2D eigenvalue weighted by molar-refractivity contribution is 5.98. The molecule has 2 aliphatic heterocycles. The molecule has 0 spiro atoms. The van der Waals surface area contributed by atoms with Crippen LogP contribution in [0.25, 0.3) is 6.08 Å². The van der Waals surface area contributed by atoms with Gasteiger partial charge >= 0.3 is 5.97 Å². The summed E-state index contributed by atoms with van der Waals surface area (Å²) in [7, 11) is 4.55. The molecule has 0 saturated carbocycles. The molecule has 1 aromatic carbocycles. The van der Waals surface area contributed by atoms with Crippen molar-refractivity contribution < 1.29 is 42.7 Å². The zero-order valence-electron chi connectivity index (χ0n) is 22.2. The number of hydrogen-bond donors (Lipinski definition) is 0. The third-order valence-electron chi connectivity index (χ3n) is 5.94. The van der Waals surface area contributed by atoms with E-state index in [1.165, 1.54) is 21.3 Å². The summed E-state index contributed by atoms with van der Waals surface area (Å²) in [5, 5.41) is 0. The number of ether oxygens (including phenoxy) is 8. The van der Waals surface area contributed by atoms with Crippen molar-refractivity contribution in [3.05, 3.63) is 35.4 Å². The van der Waals surface area contributed by atoms with Gasteiger partial charge in [-0.2, -0.15) is 0 Å². The van der Waals surface area contributed by atoms with Gasteiger partial charge in [-0.1, -0.05) is 24.3 Å². The number of methoxy groups -OCH3 is 3. The second-order valence-electron chi connectivity index (χ2n) is 9.00. The fraction of sp³-hybridized carbons (Fsp3) is 0.593. The molecule has 3 rings (SSSR count). The zero-order valence-corrected chi connectivity index (χ0v) is 22.2. The number of carbonyl (C=O) groups is 1. The molecule has 200 valence electrons. The highest BCUT2D eigenvalue weighted by atomic mass is 16.8. The molecule has 4 atom stereocenters. The topological polar surface area (TPSA) is 90.9 Å². The van der Waals surface area contributed by atoms with Crippen molar-refractivity contribution in [2.24, 2.45) is 0 Å². The molecule has 1 unspecified atom stereocenters. The molecule has 1 saturated heterocycles. The van der Waals surface area contributed by atoms with Crippen LogP contribution in [0.2, 0.25) is 0 Å². The lowest BCUT2D eigenvalue weighted by molar-refractivity contribution is -0.165. The van der Waals surface area contributed by atoms with E-state index in [-0.39, 0.29) is 24.6 Å². The summed E-state index contributed by atoms with van der Waals surface area (Å²) in [5.74, 6) is -0.136. The van der Waals surface area contributed by atoms with Crippen molar-refractivity contribution in [3.8, 4) is 17.2 Å². The third-order valence-corrected chi connectivity index (χ3v) is 5.94. The van der Waals surface area contributed by atoms with Crippen molar-refractivity contribution in [3.63, 3.8) is 0 Å². The fourth-order valence-electron chi connectivity index (χ4n) is 4.34. The summed E-state index contributed by atoms with van der Waals surface area (Å²) < 4.78 is 46.3. The Labute approximate surface area is 213 Å². The number of benzene rings is 1. The summed E-state index contributed by atoms with van der Waals surface area (Å²) in [6, 6.07) is 1.62. The Balaban J connectivity index is 2.07.